The van der Waals surface area contributed by atoms with Crippen LogP contribution in [0.5, 0.6) is 0 Å². The molecule has 0 aliphatic carbocycles. The van der Waals surface area contributed by atoms with Gasteiger partial charge in [-0.15, -0.1) is 0 Å². The molecule has 0 radical (unpaired) electrons. The Balaban J connectivity index is 1.49. The second kappa shape index (κ2) is 7.51. The molecular weight excluding hydrogens is 328 g/mol. The second-order valence-electron chi connectivity index (χ2n) is 7.01. The van der Waals surface area contributed by atoms with Crippen molar-refractivity contribution >= 4 is 5.91 Å². The van der Waals surface area contributed by atoms with E-state index in [9.17, 15) is 4.79 Å². The van der Waals surface area contributed by atoms with Crippen LogP contribution in [0.15, 0.2) is 42.7 Å². The minimum Gasteiger partial charge on any atom is -0.374 e. The molecule has 4 rings (SSSR count). The highest BCUT2D eigenvalue weighted by Crippen LogP contribution is 2.25. The summed E-state index contributed by atoms with van der Waals surface area (Å²) in [5.41, 5.74) is 2.80. The molecule has 0 aromatic carbocycles. The Morgan fingerprint density at radius 1 is 1.23 bits per heavy atom. The van der Waals surface area contributed by atoms with Gasteiger partial charge >= 0.3 is 0 Å². The Bertz CT molecular complexity index is 767. The molecule has 1 amide bonds. The summed E-state index contributed by atoms with van der Waals surface area (Å²) in [7, 11) is 0. The zero-order chi connectivity index (χ0) is 17.9. The van der Waals surface area contributed by atoms with E-state index in [4.69, 9.17) is 4.74 Å². The van der Waals surface area contributed by atoms with Gasteiger partial charge in [-0.3, -0.25) is 19.7 Å². The number of hydrogen-bond donors (Lipinski definition) is 0. The summed E-state index contributed by atoms with van der Waals surface area (Å²) >= 11 is 0. The van der Waals surface area contributed by atoms with Gasteiger partial charge in [0, 0.05) is 49.8 Å². The van der Waals surface area contributed by atoms with Crippen molar-refractivity contribution in [1.29, 1.82) is 0 Å². The predicted octanol–water partition coefficient (Wildman–Crippen LogP) is 1.90. The van der Waals surface area contributed by atoms with Crippen LogP contribution in [-0.2, 0) is 11.3 Å². The molecule has 2 aromatic rings. The van der Waals surface area contributed by atoms with Crippen LogP contribution in [0.25, 0.3) is 0 Å². The molecular formula is C20H24N4O2. The van der Waals surface area contributed by atoms with Crippen molar-refractivity contribution in [3.8, 4) is 0 Å². The molecule has 0 spiro atoms. The summed E-state index contributed by atoms with van der Waals surface area (Å²) in [5, 5.41) is 0. The normalized spacial score (nSPS) is 23.5. The Morgan fingerprint density at radius 3 is 2.88 bits per heavy atom. The fraction of sp³-hybridized carbons (Fsp3) is 0.450. The molecule has 2 aliphatic rings. The van der Waals surface area contributed by atoms with Gasteiger partial charge in [-0.05, 0) is 37.6 Å². The number of fused-ring (bicyclic) bond motifs is 1. The van der Waals surface area contributed by atoms with Crippen LogP contribution in [-0.4, -0.2) is 64.1 Å². The van der Waals surface area contributed by atoms with E-state index >= 15 is 0 Å². The smallest absolute Gasteiger partial charge is 0.254 e. The molecule has 136 valence electrons. The van der Waals surface area contributed by atoms with E-state index in [2.05, 4.69) is 20.9 Å². The van der Waals surface area contributed by atoms with Crippen LogP contribution < -0.4 is 0 Å². The first-order valence-corrected chi connectivity index (χ1v) is 9.18. The number of amides is 1. The summed E-state index contributed by atoms with van der Waals surface area (Å²) in [6, 6.07) is 9.78. The van der Waals surface area contributed by atoms with Crippen LogP contribution >= 0.6 is 0 Å². The molecule has 6 heteroatoms. The molecule has 4 heterocycles. The maximum Gasteiger partial charge on any atom is 0.254 e. The van der Waals surface area contributed by atoms with E-state index < -0.39 is 0 Å². The molecule has 2 saturated heterocycles. The average Bonchev–Trinajstić information content (AvgIpc) is 2.68. The molecule has 2 fully saturated rings. The lowest BCUT2D eigenvalue weighted by Crippen LogP contribution is -2.61. The van der Waals surface area contributed by atoms with Crippen molar-refractivity contribution in [2.24, 2.45) is 0 Å². The van der Waals surface area contributed by atoms with Crippen LogP contribution in [0.3, 0.4) is 0 Å². The van der Waals surface area contributed by atoms with Gasteiger partial charge in [-0.25, -0.2) is 0 Å². The van der Waals surface area contributed by atoms with Crippen molar-refractivity contribution in [2.45, 2.75) is 32.0 Å². The number of nitrogens with zero attached hydrogens (tertiary/aromatic N) is 4. The first-order valence-electron chi connectivity index (χ1n) is 9.18. The highest BCUT2D eigenvalue weighted by atomic mass is 16.5. The number of morpholine rings is 1. The fourth-order valence-corrected chi connectivity index (χ4v) is 3.91. The monoisotopic (exact) mass is 352 g/mol. The molecule has 0 N–H and O–H groups in total. The third kappa shape index (κ3) is 3.61. The van der Waals surface area contributed by atoms with Crippen LogP contribution in [0.1, 0.15) is 28.2 Å². The lowest BCUT2D eigenvalue weighted by Gasteiger charge is -2.47. The van der Waals surface area contributed by atoms with E-state index in [1.807, 2.05) is 24.0 Å². The predicted molar refractivity (Wildman–Crippen MR) is 97.7 cm³/mol. The van der Waals surface area contributed by atoms with Gasteiger partial charge in [-0.2, -0.15) is 0 Å². The van der Waals surface area contributed by atoms with E-state index in [-0.39, 0.29) is 18.1 Å². The van der Waals surface area contributed by atoms with Crippen LogP contribution in [0.4, 0.5) is 0 Å². The van der Waals surface area contributed by atoms with Gasteiger partial charge in [0.2, 0.25) is 0 Å². The number of ether oxygens (including phenoxy) is 1. The van der Waals surface area contributed by atoms with Crippen molar-refractivity contribution in [3.63, 3.8) is 0 Å². The van der Waals surface area contributed by atoms with Gasteiger partial charge in [0.1, 0.15) is 0 Å². The number of pyridine rings is 2. The minimum atomic E-state index is 0.0706. The van der Waals surface area contributed by atoms with Crippen LogP contribution in [0.2, 0.25) is 0 Å². The van der Waals surface area contributed by atoms with Gasteiger partial charge in [0.25, 0.3) is 5.91 Å². The van der Waals surface area contributed by atoms with E-state index in [1.54, 1.807) is 24.5 Å². The van der Waals surface area contributed by atoms with Gasteiger partial charge < -0.3 is 9.64 Å². The van der Waals surface area contributed by atoms with Crippen LogP contribution in [0, 0.1) is 6.92 Å². The second-order valence-corrected chi connectivity index (χ2v) is 7.01. The van der Waals surface area contributed by atoms with E-state index in [0.717, 1.165) is 37.4 Å². The number of likely N-dealkylation sites (tertiary alicyclic amines) is 1. The Morgan fingerprint density at radius 2 is 2.08 bits per heavy atom. The number of hydrogen-bond acceptors (Lipinski definition) is 5. The first-order chi connectivity index (χ1) is 12.7. The maximum atomic E-state index is 13.0. The molecule has 2 aliphatic heterocycles. The Kier molecular flexibility index (Phi) is 4.95. The quantitative estimate of drug-likeness (QED) is 0.844. The summed E-state index contributed by atoms with van der Waals surface area (Å²) in [6.45, 7) is 5.85. The van der Waals surface area contributed by atoms with Crippen molar-refractivity contribution < 1.29 is 9.53 Å². The zero-order valence-electron chi connectivity index (χ0n) is 15.0. The SMILES string of the molecule is Cc1cccc(CN2CC[C@@H]3OCCN(C(=O)c4ccncc4)[C@H]3C2)n1. The van der Waals surface area contributed by atoms with Gasteiger partial charge in [0.05, 0.1) is 24.4 Å². The third-order valence-corrected chi connectivity index (χ3v) is 5.19. The number of piperidine rings is 1. The van der Waals surface area contributed by atoms with Gasteiger partial charge in [0.15, 0.2) is 0 Å². The maximum absolute atomic E-state index is 13.0. The highest BCUT2D eigenvalue weighted by Gasteiger charge is 2.39. The lowest BCUT2D eigenvalue weighted by atomic mass is 9.97. The standard InChI is InChI=1S/C20H24N4O2/c1-15-3-2-4-17(22-15)13-23-10-7-19-18(14-23)24(11-12-26-19)20(25)16-5-8-21-9-6-16/h2-6,8-9,18-19H,7,10-14H2,1H3/t18-,19-/m0/s1. The van der Waals surface area contributed by atoms with Gasteiger partial charge in [-0.1, -0.05) is 6.07 Å². The number of rotatable bonds is 3. The van der Waals surface area contributed by atoms with Crippen molar-refractivity contribution in [3.05, 3.63) is 59.7 Å². The molecule has 26 heavy (non-hydrogen) atoms. The van der Waals surface area contributed by atoms with E-state index in [1.165, 1.54) is 0 Å². The Labute approximate surface area is 153 Å². The van der Waals surface area contributed by atoms with Crippen molar-refractivity contribution in [1.82, 2.24) is 19.8 Å². The number of carbonyl (C=O) groups is 1. The highest BCUT2D eigenvalue weighted by molar-refractivity contribution is 5.94. The Hall–Kier alpha value is -2.31. The third-order valence-electron chi connectivity index (χ3n) is 5.19. The molecule has 2 atom stereocenters. The van der Waals surface area contributed by atoms with Crippen molar-refractivity contribution in [2.75, 3.05) is 26.2 Å². The zero-order valence-corrected chi connectivity index (χ0v) is 15.0. The topological polar surface area (TPSA) is 58.6 Å². The largest absolute Gasteiger partial charge is 0.374 e. The molecule has 0 unspecified atom stereocenters. The minimum absolute atomic E-state index is 0.0706. The number of aromatic nitrogens is 2. The summed E-state index contributed by atoms with van der Waals surface area (Å²) in [5.74, 6) is 0.0706. The molecule has 0 saturated carbocycles. The molecule has 2 aromatic heterocycles. The summed E-state index contributed by atoms with van der Waals surface area (Å²) in [6.07, 6.45) is 4.40. The number of carbonyl (C=O) groups excluding carboxylic acids is 1. The van der Waals surface area contributed by atoms with E-state index in [0.29, 0.717) is 18.7 Å². The summed E-state index contributed by atoms with van der Waals surface area (Å²) < 4.78 is 5.97. The molecule has 6 nitrogen and oxygen atoms in total. The fourth-order valence-electron chi connectivity index (χ4n) is 3.91. The number of aryl methyl sites for hydroxylation is 1. The average molecular weight is 352 g/mol. The molecule has 0 bridgehead atoms. The lowest BCUT2D eigenvalue weighted by molar-refractivity contribution is -0.0915. The first kappa shape index (κ1) is 17.1. The summed E-state index contributed by atoms with van der Waals surface area (Å²) in [4.78, 5) is 26.0.